The third kappa shape index (κ3) is 5.41. The molecule has 1 spiro atoms. The molecule has 1 saturated heterocycles. The second-order valence-electron chi connectivity index (χ2n) is 9.19. The first-order valence-corrected chi connectivity index (χ1v) is 11.3. The lowest BCUT2D eigenvalue weighted by atomic mass is 9.77. The largest absolute Gasteiger partial charge is 0.469 e. The molecule has 1 aromatic rings. The molecule has 162 valence electrons. The van der Waals surface area contributed by atoms with E-state index < -0.39 is 0 Å². The van der Waals surface area contributed by atoms with Crippen molar-refractivity contribution >= 4 is 11.8 Å². The number of carbonyl (C=O) groups excluding carboxylic acids is 2. The van der Waals surface area contributed by atoms with Gasteiger partial charge in [-0.2, -0.15) is 0 Å². The van der Waals surface area contributed by atoms with Crippen LogP contribution in [0.3, 0.4) is 0 Å². The molecule has 0 atom stereocenters. The van der Waals surface area contributed by atoms with E-state index in [0.29, 0.717) is 43.3 Å². The minimum absolute atomic E-state index is 0.00691. The van der Waals surface area contributed by atoms with Crippen LogP contribution in [0.15, 0.2) is 16.7 Å². The minimum atomic E-state index is -0.0209. The van der Waals surface area contributed by atoms with Crippen LogP contribution in [0.2, 0.25) is 0 Å². The first-order valence-electron chi connectivity index (χ1n) is 11.3. The van der Waals surface area contributed by atoms with Gasteiger partial charge in [-0.05, 0) is 38.2 Å². The molecule has 1 aromatic heterocycles. The van der Waals surface area contributed by atoms with Crippen LogP contribution in [0, 0.1) is 12.8 Å². The summed E-state index contributed by atoms with van der Waals surface area (Å²) >= 11 is 0. The smallest absolute Gasteiger partial charge is 0.257 e. The van der Waals surface area contributed by atoms with Gasteiger partial charge in [0, 0.05) is 44.7 Å². The van der Waals surface area contributed by atoms with Crippen LogP contribution in [0.4, 0.5) is 0 Å². The normalized spacial score (nSPS) is 21.8. The monoisotopic (exact) mass is 403 g/mol. The van der Waals surface area contributed by atoms with Gasteiger partial charge in [-0.15, -0.1) is 0 Å². The summed E-state index contributed by atoms with van der Waals surface area (Å²) in [4.78, 5) is 30.3. The molecule has 6 nitrogen and oxygen atoms in total. The van der Waals surface area contributed by atoms with Crippen molar-refractivity contribution in [2.45, 2.75) is 71.3 Å². The average Bonchev–Trinajstić information content (AvgIpc) is 3.10. The molecule has 6 heteroatoms. The Hall–Kier alpha value is -1.82. The molecule has 0 aromatic carbocycles. The minimum Gasteiger partial charge on any atom is -0.469 e. The van der Waals surface area contributed by atoms with Gasteiger partial charge in [0.05, 0.1) is 11.8 Å². The SMILES string of the molecule is Cc1occc1C(=O)N1CCCN(CC(C)C)C2(CCCCC2)CC(=O)NCC1. The molecule has 0 radical (unpaired) electrons. The van der Waals surface area contributed by atoms with Crippen LogP contribution in [0.1, 0.15) is 74.9 Å². The number of amides is 2. The molecular weight excluding hydrogens is 366 g/mol. The maximum Gasteiger partial charge on any atom is 0.257 e. The van der Waals surface area contributed by atoms with Gasteiger partial charge in [0.2, 0.25) is 5.91 Å². The molecule has 2 fully saturated rings. The average molecular weight is 404 g/mol. The Kier molecular flexibility index (Phi) is 7.38. The van der Waals surface area contributed by atoms with E-state index in [1.54, 1.807) is 12.3 Å². The lowest BCUT2D eigenvalue weighted by Crippen LogP contribution is -2.54. The van der Waals surface area contributed by atoms with E-state index in [1.807, 2.05) is 11.8 Å². The van der Waals surface area contributed by atoms with E-state index in [1.165, 1.54) is 19.3 Å². The third-order valence-electron chi connectivity index (χ3n) is 6.47. The Morgan fingerprint density at radius 2 is 1.93 bits per heavy atom. The van der Waals surface area contributed by atoms with Gasteiger partial charge in [0.1, 0.15) is 5.76 Å². The predicted octanol–water partition coefficient (Wildman–Crippen LogP) is 3.60. The van der Waals surface area contributed by atoms with E-state index in [4.69, 9.17) is 4.42 Å². The Morgan fingerprint density at radius 1 is 1.17 bits per heavy atom. The molecule has 2 aliphatic rings. The van der Waals surface area contributed by atoms with Gasteiger partial charge >= 0.3 is 0 Å². The molecule has 2 amide bonds. The van der Waals surface area contributed by atoms with Gasteiger partial charge in [0.15, 0.2) is 0 Å². The quantitative estimate of drug-likeness (QED) is 0.837. The van der Waals surface area contributed by atoms with E-state index >= 15 is 0 Å². The zero-order valence-electron chi connectivity index (χ0n) is 18.3. The number of furan rings is 1. The number of rotatable bonds is 3. The van der Waals surface area contributed by atoms with Gasteiger partial charge in [-0.3, -0.25) is 14.5 Å². The summed E-state index contributed by atoms with van der Waals surface area (Å²) in [6.07, 6.45) is 8.94. The van der Waals surface area contributed by atoms with Crippen LogP contribution in [0.5, 0.6) is 0 Å². The first-order chi connectivity index (χ1) is 13.9. The van der Waals surface area contributed by atoms with Crippen molar-refractivity contribution in [3.05, 3.63) is 23.7 Å². The second-order valence-corrected chi connectivity index (χ2v) is 9.19. The summed E-state index contributed by atoms with van der Waals surface area (Å²) < 4.78 is 5.32. The van der Waals surface area contributed by atoms with Crippen molar-refractivity contribution in [3.8, 4) is 0 Å². The molecule has 29 heavy (non-hydrogen) atoms. The van der Waals surface area contributed by atoms with E-state index in [9.17, 15) is 9.59 Å². The molecule has 0 bridgehead atoms. The van der Waals surface area contributed by atoms with Crippen molar-refractivity contribution in [2.75, 3.05) is 32.7 Å². The van der Waals surface area contributed by atoms with Crippen molar-refractivity contribution < 1.29 is 14.0 Å². The maximum absolute atomic E-state index is 13.0. The summed E-state index contributed by atoms with van der Waals surface area (Å²) in [5.74, 6) is 1.31. The number of hydrogen-bond acceptors (Lipinski definition) is 4. The molecule has 0 unspecified atom stereocenters. The summed E-state index contributed by atoms with van der Waals surface area (Å²) in [5.41, 5.74) is 0.599. The molecule has 1 aliphatic carbocycles. The van der Waals surface area contributed by atoms with E-state index in [0.717, 1.165) is 32.4 Å². The van der Waals surface area contributed by atoms with Crippen LogP contribution >= 0.6 is 0 Å². The highest BCUT2D eigenvalue weighted by Gasteiger charge is 2.40. The van der Waals surface area contributed by atoms with Crippen LogP contribution in [0.25, 0.3) is 0 Å². The highest BCUT2D eigenvalue weighted by atomic mass is 16.3. The second kappa shape index (κ2) is 9.79. The van der Waals surface area contributed by atoms with Gasteiger partial charge in [-0.25, -0.2) is 0 Å². The summed E-state index contributed by atoms with van der Waals surface area (Å²) in [6, 6.07) is 1.74. The summed E-state index contributed by atoms with van der Waals surface area (Å²) in [7, 11) is 0. The van der Waals surface area contributed by atoms with Gasteiger partial charge in [-0.1, -0.05) is 33.1 Å². The molecule has 1 N–H and O–H groups in total. The predicted molar refractivity (Wildman–Crippen MR) is 114 cm³/mol. The highest BCUT2D eigenvalue weighted by Crippen LogP contribution is 2.37. The zero-order valence-corrected chi connectivity index (χ0v) is 18.3. The summed E-state index contributed by atoms with van der Waals surface area (Å²) in [5, 5.41) is 3.09. The molecule has 3 rings (SSSR count). The number of aryl methyl sites for hydroxylation is 1. The molecule has 1 aliphatic heterocycles. The Balaban J connectivity index is 1.78. The lowest BCUT2D eigenvalue weighted by Gasteiger charge is -2.47. The molecular formula is C23H37N3O3. The number of nitrogens with one attached hydrogen (secondary N) is 1. The standard InChI is InChI=1S/C23H37N3O3/c1-18(2)17-26-13-7-12-25(22(28)20-8-15-29-19(20)3)14-11-24-21(27)16-23(26)9-5-4-6-10-23/h8,15,18H,4-7,9-14,16-17H2,1-3H3,(H,24,27). The highest BCUT2D eigenvalue weighted by molar-refractivity contribution is 5.95. The van der Waals surface area contributed by atoms with Gasteiger partial charge < -0.3 is 14.6 Å². The van der Waals surface area contributed by atoms with Crippen LogP contribution in [-0.4, -0.2) is 59.9 Å². The fourth-order valence-electron chi connectivity index (χ4n) is 5.01. The number of nitrogens with zero attached hydrogens (tertiary/aromatic N) is 2. The topological polar surface area (TPSA) is 65.8 Å². The zero-order chi connectivity index (χ0) is 20.9. The van der Waals surface area contributed by atoms with Crippen LogP contribution in [-0.2, 0) is 4.79 Å². The Bertz CT molecular complexity index is 691. The Labute approximate surface area is 175 Å². The third-order valence-corrected chi connectivity index (χ3v) is 6.47. The Morgan fingerprint density at radius 3 is 2.59 bits per heavy atom. The molecule has 1 saturated carbocycles. The lowest BCUT2D eigenvalue weighted by molar-refractivity contribution is -0.125. The maximum atomic E-state index is 13.0. The van der Waals surface area contributed by atoms with Crippen molar-refractivity contribution in [3.63, 3.8) is 0 Å². The fourth-order valence-corrected chi connectivity index (χ4v) is 5.01. The first kappa shape index (κ1) is 21.9. The molecule has 2 heterocycles. The van der Waals surface area contributed by atoms with Crippen molar-refractivity contribution in [2.24, 2.45) is 5.92 Å². The fraction of sp³-hybridized carbons (Fsp3) is 0.739. The van der Waals surface area contributed by atoms with Crippen molar-refractivity contribution in [1.29, 1.82) is 0 Å². The van der Waals surface area contributed by atoms with Gasteiger partial charge in [0.25, 0.3) is 5.91 Å². The number of carbonyl (C=O) groups is 2. The summed E-state index contributed by atoms with van der Waals surface area (Å²) in [6.45, 7) is 9.98. The van der Waals surface area contributed by atoms with Crippen molar-refractivity contribution in [1.82, 2.24) is 15.1 Å². The van der Waals surface area contributed by atoms with Crippen LogP contribution < -0.4 is 5.32 Å². The number of hydrogen-bond donors (Lipinski definition) is 1. The van der Waals surface area contributed by atoms with E-state index in [-0.39, 0.29) is 17.4 Å². The van der Waals surface area contributed by atoms with E-state index in [2.05, 4.69) is 24.1 Å².